The molecule has 0 unspecified atom stereocenters. The van der Waals surface area contributed by atoms with Gasteiger partial charge in [0.25, 0.3) is 11.5 Å². The molecule has 2 aromatic carbocycles. The third-order valence-corrected chi connectivity index (χ3v) is 4.43. The van der Waals surface area contributed by atoms with Crippen molar-refractivity contribution in [2.45, 2.75) is 0 Å². The van der Waals surface area contributed by atoms with Crippen molar-refractivity contribution >= 4 is 34.1 Å². The van der Waals surface area contributed by atoms with Crippen molar-refractivity contribution in [2.24, 2.45) is 0 Å². The minimum atomic E-state index is -0.340. The standard InChI is InChI=1S/C21H14ClN3O2/c22-14-8-10-15(11-9-14)25-13-18(16-5-1-2-6-17(16)21(25)27)20(26)24-19-7-3-4-12-23-19/h1-13H,(H,23,24,26). The first-order chi connectivity index (χ1) is 13.1. The van der Waals surface area contributed by atoms with Crippen LogP contribution in [0.1, 0.15) is 10.4 Å². The number of fused-ring (bicyclic) bond motifs is 1. The second-order valence-corrected chi connectivity index (χ2v) is 6.35. The van der Waals surface area contributed by atoms with Gasteiger partial charge in [0.15, 0.2) is 0 Å². The zero-order valence-electron chi connectivity index (χ0n) is 14.1. The first kappa shape index (κ1) is 17.0. The van der Waals surface area contributed by atoms with Gasteiger partial charge in [0, 0.05) is 33.9 Å². The van der Waals surface area contributed by atoms with Gasteiger partial charge in [-0.2, -0.15) is 0 Å². The number of rotatable bonds is 3. The number of hydrogen-bond acceptors (Lipinski definition) is 3. The topological polar surface area (TPSA) is 64.0 Å². The van der Waals surface area contributed by atoms with Crippen LogP contribution in [0.3, 0.4) is 0 Å². The van der Waals surface area contributed by atoms with Crippen molar-refractivity contribution in [1.82, 2.24) is 9.55 Å². The molecular formula is C21H14ClN3O2. The van der Waals surface area contributed by atoms with Gasteiger partial charge in [0.2, 0.25) is 0 Å². The van der Waals surface area contributed by atoms with Crippen LogP contribution in [-0.4, -0.2) is 15.5 Å². The van der Waals surface area contributed by atoms with Gasteiger partial charge in [-0.3, -0.25) is 14.2 Å². The summed E-state index contributed by atoms with van der Waals surface area (Å²) in [6, 6.07) is 19.2. The van der Waals surface area contributed by atoms with E-state index >= 15 is 0 Å². The summed E-state index contributed by atoms with van der Waals surface area (Å²) in [5.74, 6) is 0.100. The Morgan fingerprint density at radius 2 is 1.63 bits per heavy atom. The molecule has 1 N–H and O–H groups in total. The lowest BCUT2D eigenvalue weighted by molar-refractivity contribution is 0.102. The van der Waals surface area contributed by atoms with Crippen LogP contribution >= 0.6 is 11.6 Å². The largest absolute Gasteiger partial charge is 0.306 e. The highest BCUT2D eigenvalue weighted by Gasteiger charge is 2.16. The van der Waals surface area contributed by atoms with Crippen molar-refractivity contribution in [3.63, 3.8) is 0 Å². The van der Waals surface area contributed by atoms with Crippen LogP contribution < -0.4 is 10.9 Å². The Morgan fingerprint density at radius 1 is 0.926 bits per heavy atom. The first-order valence-electron chi connectivity index (χ1n) is 8.26. The van der Waals surface area contributed by atoms with Gasteiger partial charge in [-0.25, -0.2) is 4.98 Å². The molecule has 0 aliphatic carbocycles. The second-order valence-electron chi connectivity index (χ2n) is 5.91. The Hall–Kier alpha value is -3.44. The molecule has 0 spiro atoms. The van der Waals surface area contributed by atoms with Gasteiger partial charge in [-0.05, 0) is 42.5 Å². The van der Waals surface area contributed by atoms with E-state index < -0.39 is 0 Å². The van der Waals surface area contributed by atoms with Gasteiger partial charge in [0.1, 0.15) is 5.82 Å². The molecule has 0 aliphatic rings. The summed E-state index contributed by atoms with van der Waals surface area (Å²) in [5.41, 5.74) is 0.801. The van der Waals surface area contributed by atoms with E-state index in [1.807, 2.05) is 0 Å². The van der Waals surface area contributed by atoms with Crippen LogP contribution in [0.2, 0.25) is 5.02 Å². The lowest BCUT2D eigenvalue weighted by Crippen LogP contribution is -2.22. The first-order valence-corrected chi connectivity index (χ1v) is 8.64. The molecule has 0 saturated heterocycles. The predicted molar refractivity (Wildman–Crippen MR) is 107 cm³/mol. The van der Waals surface area contributed by atoms with Crippen LogP contribution in [0.15, 0.2) is 83.9 Å². The van der Waals surface area contributed by atoms with Crippen LogP contribution in [0.25, 0.3) is 16.5 Å². The minimum Gasteiger partial charge on any atom is -0.306 e. The SMILES string of the molecule is O=C(Nc1ccccn1)c1cn(-c2ccc(Cl)cc2)c(=O)c2ccccc12. The fraction of sp³-hybridized carbons (Fsp3) is 0. The molecular weight excluding hydrogens is 362 g/mol. The number of carbonyl (C=O) groups is 1. The Labute approximate surface area is 159 Å². The quantitative estimate of drug-likeness (QED) is 0.581. The van der Waals surface area contributed by atoms with E-state index in [9.17, 15) is 9.59 Å². The average molecular weight is 376 g/mol. The minimum absolute atomic E-state index is 0.206. The molecule has 0 aliphatic heterocycles. The number of hydrogen-bond donors (Lipinski definition) is 1. The lowest BCUT2D eigenvalue weighted by Gasteiger charge is -2.12. The Kier molecular flexibility index (Phi) is 4.44. The molecule has 1 amide bonds. The summed E-state index contributed by atoms with van der Waals surface area (Å²) in [6.07, 6.45) is 3.15. The molecule has 2 heterocycles. The molecule has 0 radical (unpaired) electrons. The number of nitrogens with one attached hydrogen (secondary N) is 1. The van der Waals surface area contributed by atoms with E-state index in [1.54, 1.807) is 79.1 Å². The zero-order chi connectivity index (χ0) is 18.8. The summed E-state index contributed by atoms with van der Waals surface area (Å²) in [5, 5.41) is 4.38. The molecule has 4 rings (SSSR count). The number of aromatic nitrogens is 2. The molecule has 4 aromatic rings. The maximum atomic E-state index is 12.9. The number of nitrogens with zero attached hydrogens (tertiary/aromatic N) is 2. The summed E-state index contributed by atoms with van der Waals surface area (Å²) in [7, 11) is 0. The van der Waals surface area contributed by atoms with Crippen molar-refractivity contribution in [1.29, 1.82) is 0 Å². The molecule has 2 aromatic heterocycles. The number of halogens is 1. The molecule has 0 fully saturated rings. The number of amides is 1. The van der Waals surface area contributed by atoms with Crippen LogP contribution in [0.4, 0.5) is 5.82 Å². The monoisotopic (exact) mass is 375 g/mol. The third kappa shape index (κ3) is 3.32. The van der Waals surface area contributed by atoms with Crippen LogP contribution in [0.5, 0.6) is 0 Å². The molecule has 27 heavy (non-hydrogen) atoms. The second kappa shape index (κ2) is 7.05. The van der Waals surface area contributed by atoms with Crippen molar-refractivity contribution in [3.8, 4) is 5.69 Å². The van der Waals surface area contributed by atoms with Crippen molar-refractivity contribution in [2.75, 3.05) is 5.32 Å². The number of anilines is 1. The molecule has 5 nitrogen and oxygen atoms in total. The van der Waals surface area contributed by atoms with Crippen LogP contribution in [-0.2, 0) is 0 Å². The maximum Gasteiger partial charge on any atom is 0.262 e. The van der Waals surface area contributed by atoms with Gasteiger partial charge in [-0.1, -0.05) is 35.9 Å². The zero-order valence-corrected chi connectivity index (χ0v) is 14.9. The average Bonchev–Trinajstić information content (AvgIpc) is 2.70. The summed E-state index contributed by atoms with van der Waals surface area (Å²) in [4.78, 5) is 29.9. The third-order valence-electron chi connectivity index (χ3n) is 4.18. The Morgan fingerprint density at radius 3 is 2.33 bits per heavy atom. The number of carbonyl (C=O) groups excluding carboxylic acids is 1. The number of pyridine rings is 2. The summed E-state index contributed by atoms with van der Waals surface area (Å²) < 4.78 is 1.45. The fourth-order valence-corrected chi connectivity index (χ4v) is 3.01. The van der Waals surface area contributed by atoms with E-state index in [0.717, 1.165) is 0 Å². The molecule has 0 saturated carbocycles. The van der Waals surface area contributed by atoms with Crippen LogP contribution in [0, 0.1) is 0 Å². The highest BCUT2D eigenvalue weighted by atomic mass is 35.5. The van der Waals surface area contributed by atoms with Crippen molar-refractivity contribution in [3.05, 3.63) is 100 Å². The fourth-order valence-electron chi connectivity index (χ4n) is 2.89. The smallest absolute Gasteiger partial charge is 0.262 e. The van der Waals surface area contributed by atoms with E-state index in [0.29, 0.717) is 32.9 Å². The molecule has 132 valence electrons. The molecule has 0 bridgehead atoms. The van der Waals surface area contributed by atoms with E-state index in [1.165, 1.54) is 4.57 Å². The van der Waals surface area contributed by atoms with E-state index in [-0.39, 0.29) is 11.5 Å². The Balaban J connectivity index is 1.89. The van der Waals surface area contributed by atoms with Gasteiger partial charge in [0.05, 0.1) is 5.56 Å². The van der Waals surface area contributed by atoms with Gasteiger partial charge < -0.3 is 5.32 Å². The van der Waals surface area contributed by atoms with E-state index in [4.69, 9.17) is 11.6 Å². The lowest BCUT2D eigenvalue weighted by atomic mass is 10.1. The molecule has 6 heteroatoms. The van der Waals surface area contributed by atoms with Gasteiger partial charge in [-0.15, -0.1) is 0 Å². The van der Waals surface area contributed by atoms with Gasteiger partial charge >= 0.3 is 0 Å². The summed E-state index contributed by atoms with van der Waals surface area (Å²) in [6.45, 7) is 0. The number of benzene rings is 2. The highest BCUT2D eigenvalue weighted by Crippen LogP contribution is 2.20. The molecule has 0 atom stereocenters. The predicted octanol–water partition coefficient (Wildman–Crippen LogP) is 4.29. The Bertz CT molecular complexity index is 1190. The highest BCUT2D eigenvalue weighted by molar-refractivity contribution is 6.30. The normalized spacial score (nSPS) is 10.7. The van der Waals surface area contributed by atoms with Crippen molar-refractivity contribution < 1.29 is 4.79 Å². The maximum absolute atomic E-state index is 12.9. The summed E-state index contributed by atoms with van der Waals surface area (Å²) >= 11 is 5.95. The van der Waals surface area contributed by atoms with E-state index in [2.05, 4.69) is 10.3 Å².